The highest BCUT2D eigenvalue weighted by atomic mass is 15.0. The van der Waals surface area contributed by atoms with Crippen LogP contribution in [0.15, 0.2) is 198 Å². The molecule has 258 valence electrons. The van der Waals surface area contributed by atoms with Gasteiger partial charge in [0.15, 0.2) is 11.7 Å². The highest BCUT2D eigenvalue weighted by Crippen LogP contribution is 2.43. The Kier molecular flexibility index (Phi) is 9.00. The summed E-state index contributed by atoms with van der Waals surface area (Å²) < 4.78 is 0. The van der Waals surface area contributed by atoms with Crippen molar-refractivity contribution in [3.8, 4) is 45.0 Å². The molecule has 1 aliphatic heterocycles. The van der Waals surface area contributed by atoms with Crippen LogP contribution >= 0.6 is 0 Å². The minimum absolute atomic E-state index is 0.0876. The van der Waals surface area contributed by atoms with E-state index in [2.05, 4.69) is 153 Å². The summed E-state index contributed by atoms with van der Waals surface area (Å²) in [5, 5.41) is 2.39. The average Bonchev–Trinajstić information content (AvgIpc) is 3.26. The molecule has 0 amide bonds. The van der Waals surface area contributed by atoms with Gasteiger partial charge >= 0.3 is 0 Å². The first-order chi connectivity index (χ1) is 26.7. The smallest absolute Gasteiger partial charge is 0.160 e. The molecule has 2 atom stereocenters. The minimum Gasteiger partial charge on any atom is -0.257 e. The van der Waals surface area contributed by atoms with E-state index in [1.54, 1.807) is 0 Å². The fraction of sp³-hybridized carbons (Fsp3) is 0.0800. The van der Waals surface area contributed by atoms with Crippen molar-refractivity contribution in [3.63, 3.8) is 0 Å². The Morgan fingerprint density at radius 2 is 0.981 bits per heavy atom. The highest BCUT2D eigenvalue weighted by molar-refractivity contribution is 6.15. The van der Waals surface area contributed by atoms with Crippen molar-refractivity contribution in [2.24, 2.45) is 15.9 Å². The maximum atomic E-state index is 5.49. The fourth-order valence-electron chi connectivity index (χ4n) is 7.65. The molecule has 2 heterocycles. The van der Waals surface area contributed by atoms with Gasteiger partial charge in [0, 0.05) is 28.2 Å². The van der Waals surface area contributed by atoms with Crippen molar-refractivity contribution in [2.45, 2.75) is 19.4 Å². The van der Waals surface area contributed by atoms with Crippen LogP contribution in [0.3, 0.4) is 0 Å². The van der Waals surface area contributed by atoms with Crippen LogP contribution in [0.5, 0.6) is 0 Å². The molecule has 0 fully saturated rings. The van der Waals surface area contributed by atoms with Crippen molar-refractivity contribution >= 4 is 22.3 Å². The van der Waals surface area contributed by atoms with Gasteiger partial charge in [0.25, 0.3) is 0 Å². The van der Waals surface area contributed by atoms with Crippen molar-refractivity contribution < 1.29 is 0 Å². The lowest BCUT2D eigenvalue weighted by molar-refractivity contribution is 0.534. The number of aliphatic imine (C=N–C) groups is 2. The summed E-state index contributed by atoms with van der Waals surface area (Å²) in [6.07, 6.45) is 0.897. The van der Waals surface area contributed by atoms with Gasteiger partial charge in [-0.05, 0) is 45.5 Å². The van der Waals surface area contributed by atoms with Crippen molar-refractivity contribution in [1.29, 1.82) is 0 Å². The number of hydrogen-bond donors (Lipinski definition) is 0. The number of rotatable bonds is 8. The lowest BCUT2D eigenvalue weighted by Gasteiger charge is -2.31. The summed E-state index contributed by atoms with van der Waals surface area (Å²) >= 11 is 0. The Hall–Kier alpha value is -6.78. The second kappa shape index (κ2) is 14.7. The zero-order valence-corrected chi connectivity index (χ0v) is 30.0. The number of fused-ring (bicyclic) bond motifs is 1. The topological polar surface area (TPSA) is 50.5 Å². The zero-order valence-electron chi connectivity index (χ0n) is 30.0. The van der Waals surface area contributed by atoms with Crippen LogP contribution in [-0.4, -0.2) is 21.5 Å². The van der Waals surface area contributed by atoms with Crippen LogP contribution in [0.25, 0.3) is 55.8 Å². The van der Waals surface area contributed by atoms with E-state index in [1.165, 1.54) is 21.9 Å². The van der Waals surface area contributed by atoms with E-state index in [0.29, 0.717) is 5.82 Å². The third kappa shape index (κ3) is 6.44. The number of nitrogens with zero attached hydrogens (tertiary/aromatic N) is 4. The van der Waals surface area contributed by atoms with Crippen LogP contribution in [0.4, 0.5) is 0 Å². The molecule has 54 heavy (non-hydrogen) atoms. The summed E-state index contributed by atoms with van der Waals surface area (Å²) in [4.78, 5) is 21.0. The molecule has 7 aromatic carbocycles. The zero-order chi connectivity index (χ0) is 36.3. The molecule has 0 saturated carbocycles. The van der Waals surface area contributed by atoms with Gasteiger partial charge < -0.3 is 0 Å². The first kappa shape index (κ1) is 33.1. The van der Waals surface area contributed by atoms with Crippen LogP contribution in [-0.2, 0) is 0 Å². The predicted molar refractivity (Wildman–Crippen MR) is 224 cm³/mol. The largest absolute Gasteiger partial charge is 0.257 e. The molecule has 2 unspecified atom stereocenters. The fourth-order valence-corrected chi connectivity index (χ4v) is 7.65. The second-order valence-corrected chi connectivity index (χ2v) is 13.7. The molecule has 1 aromatic heterocycles. The molecule has 0 radical (unpaired) electrons. The lowest BCUT2D eigenvalue weighted by Crippen LogP contribution is -2.28. The highest BCUT2D eigenvalue weighted by Gasteiger charge is 2.33. The molecular weight excluding hydrogens is 657 g/mol. The standard InChI is InChI=1S/C50H38N4/c1-2-41-47(38-22-11-5-12-23-38)53-50(39-24-13-6-14-25-39)54-48(41)43-32-31-34-17-15-16-26-42(34)46(43)37-27-29-40(30-28-37)49-51-44(35-18-7-3-8-19-35)33-45(52-49)36-20-9-4-10-21-36/h3-33,41,48H,2H2,1H3. The first-order valence-corrected chi connectivity index (χ1v) is 18.6. The van der Waals surface area contributed by atoms with E-state index in [-0.39, 0.29) is 12.0 Å². The summed E-state index contributed by atoms with van der Waals surface area (Å²) in [7, 11) is 0. The molecule has 0 spiro atoms. The van der Waals surface area contributed by atoms with Crippen molar-refractivity contribution in [2.75, 3.05) is 0 Å². The molecule has 0 saturated heterocycles. The summed E-state index contributed by atoms with van der Waals surface area (Å²) in [5.74, 6) is 1.55. The summed E-state index contributed by atoms with van der Waals surface area (Å²) in [5.41, 5.74) is 11.6. The van der Waals surface area contributed by atoms with Gasteiger partial charge in [-0.3, -0.25) is 4.99 Å². The van der Waals surface area contributed by atoms with E-state index in [1.807, 2.05) is 42.5 Å². The van der Waals surface area contributed by atoms with Gasteiger partial charge in [-0.1, -0.05) is 189 Å². The SMILES string of the molecule is CCC1C(c2ccccc2)=NC(c2ccccc2)=NC1c1ccc2ccccc2c1-c1ccc(-c2nc(-c3ccccc3)cc(-c3ccccc3)n2)cc1. The summed E-state index contributed by atoms with van der Waals surface area (Å²) in [6.45, 7) is 2.25. The van der Waals surface area contributed by atoms with Gasteiger partial charge in [0.1, 0.15) is 0 Å². The third-order valence-corrected chi connectivity index (χ3v) is 10.3. The van der Waals surface area contributed by atoms with E-state index in [4.69, 9.17) is 20.0 Å². The van der Waals surface area contributed by atoms with Crippen LogP contribution in [0, 0.1) is 5.92 Å². The number of benzene rings is 7. The first-order valence-electron chi connectivity index (χ1n) is 18.6. The van der Waals surface area contributed by atoms with Crippen LogP contribution < -0.4 is 0 Å². The van der Waals surface area contributed by atoms with E-state index in [0.717, 1.165) is 62.7 Å². The Morgan fingerprint density at radius 1 is 0.463 bits per heavy atom. The Balaban J connectivity index is 1.19. The van der Waals surface area contributed by atoms with Gasteiger partial charge in [-0.25, -0.2) is 15.0 Å². The monoisotopic (exact) mass is 694 g/mol. The Labute approximate surface area is 316 Å². The quantitative estimate of drug-likeness (QED) is 0.159. The molecule has 0 bridgehead atoms. The minimum atomic E-state index is -0.142. The van der Waals surface area contributed by atoms with Crippen LogP contribution in [0.1, 0.15) is 36.1 Å². The molecule has 1 aliphatic rings. The van der Waals surface area contributed by atoms with Gasteiger partial charge in [0.2, 0.25) is 0 Å². The summed E-state index contributed by atoms with van der Waals surface area (Å²) in [6, 6.07) is 65.5. The van der Waals surface area contributed by atoms with Gasteiger partial charge in [0.05, 0.1) is 23.1 Å². The molecule has 4 nitrogen and oxygen atoms in total. The third-order valence-electron chi connectivity index (χ3n) is 10.3. The predicted octanol–water partition coefficient (Wildman–Crippen LogP) is 12.3. The average molecular weight is 695 g/mol. The molecule has 4 heteroatoms. The molecular formula is C50H38N4. The maximum Gasteiger partial charge on any atom is 0.160 e. The molecule has 0 aliphatic carbocycles. The lowest BCUT2D eigenvalue weighted by atomic mass is 9.79. The molecule has 9 rings (SSSR count). The van der Waals surface area contributed by atoms with Gasteiger partial charge in [-0.15, -0.1) is 0 Å². The number of hydrogen-bond acceptors (Lipinski definition) is 4. The maximum absolute atomic E-state index is 5.49. The molecule has 0 N–H and O–H groups in total. The normalized spacial score (nSPS) is 15.4. The van der Waals surface area contributed by atoms with Crippen molar-refractivity contribution in [1.82, 2.24) is 9.97 Å². The molecule has 8 aromatic rings. The van der Waals surface area contributed by atoms with E-state index >= 15 is 0 Å². The Morgan fingerprint density at radius 3 is 1.57 bits per heavy atom. The van der Waals surface area contributed by atoms with Crippen LogP contribution in [0.2, 0.25) is 0 Å². The number of aromatic nitrogens is 2. The Bertz CT molecular complexity index is 2560. The van der Waals surface area contributed by atoms with E-state index in [9.17, 15) is 0 Å². The number of amidine groups is 1. The van der Waals surface area contributed by atoms with Gasteiger partial charge in [-0.2, -0.15) is 0 Å². The second-order valence-electron chi connectivity index (χ2n) is 13.7. The van der Waals surface area contributed by atoms with E-state index < -0.39 is 0 Å². The van der Waals surface area contributed by atoms with Crippen molar-refractivity contribution in [3.05, 3.63) is 205 Å².